The van der Waals surface area contributed by atoms with Crippen molar-refractivity contribution >= 4 is 16.8 Å². The van der Waals surface area contributed by atoms with Gasteiger partial charge in [-0.3, -0.25) is 4.79 Å². The minimum Gasteiger partial charge on any atom is -0.504 e. The first-order valence-corrected chi connectivity index (χ1v) is 4.60. The van der Waals surface area contributed by atoms with Crippen LogP contribution in [0, 0.1) is 0 Å². The first-order chi connectivity index (χ1) is 7.65. The van der Waals surface area contributed by atoms with Crippen molar-refractivity contribution in [3.63, 3.8) is 0 Å². The molecule has 1 amide bonds. The summed E-state index contributed by atoms with van der Waals surface area (Å²) in [6.07, 6.45) is 0. The van der Waals surface area contributed by atoms with Gasteiger partial charge in [0.2, 0.25) is 0 Å². The van der Waals surface area contributed by atoms with Crippen molar-refractivity contribution < 1.29 is 14.6 Å². The highest BCUT2D eigenvalue weighted by Gasteiger charge is 2.18. The molecule has 0 bridgehead atoms. The molecule has 0 aliphatic rings. The second kappa shape index (κ2) is 3.69. The SMILES string of the molecule is COc1c(C(N)=O)nc2ccccc2c1O. The second-order valence-corrected chi connectivity index (χ2v) is 3.22. The molecule has 0 spiro atoms. The van der Waals surface area contributed by atoms with Gasteiger partial charge in [0, 0.05) is 5.39 Å². The van der Waals surface area contributed by atoms with Gasteiger partial charge in [-0.2, -0.15) is 0 Å². The van der Waals surface area contributed by atoms with E-state index in [-0.39, 0.29) is 17.2 Å². The van der Waals surface area contributed by atoms with Gasteiger partial charge in [-0.1, -0.05) is 12.1 Å². The smallest absolute Gasteiger partial charge is 0.271 e. The fourth-order valence-corrected chi connectivity index (χ4v) is 1.54. The van der Waals surface area contributed by atoms with Crippen LogP contribution in [-0.2, 0) is 0 Å². The third-order valence-electron chi connectivity index (χ3n) is 2.26. The molecule has 2 rings (SSSR count). The number of carbonyl (C=O) groups is 1. The lowest BCUT2D eigenvalue weighted by Gasteiger charge is -2.09. The zero-order chi connectivity index (χ0) is 11.7. The van der Waals surface area contributed by atoms with Crippen LogP contribution in [0.2, 0.25) is 0 Å². The number of amides is 1. The lowest BCUT2D eigenvalue weighted by atomic mass is 10.1. The predicted molar refractivity (Wildman–Crippen MR) is 58.5 cm³/mol. The highest BCUT2D eigenvalue weighted by Crippen LogP contribution is 2.35. The number of nitrogens with two attached hydrogens (primary N) is 1. The summed E-state index contributed by atoms with van der Waals surface area (Å²) in [7, 11) is 1.35. The summed E-state index contributed by atoms with van der Waals surface area (Å²) in [5.41, 5.74) is 5.58. The summed E-state index contributed by atoms with van der Waals surface area (Å²) in [5, 5.41) is 10.4. The highest BCUT2D eigenvalue weighted by molar-refractivity contribution is 5.99. The number of pyridine rings is 1. The quantitative estimate of drug-likeness (QED) is 0.788. The van der Waals surface area contributed by atoms with Crippen molar-refractivity contribution in [2.75, 3.05) is 7.11 Å². The number of hydrogen-bond acceptors (Lipinski definition) is 4. The van der Waals surface area contributed by atoms with Gasteiger partial charge in [0.1, 0.15) is 0 Å². The Balaban J connectivity index is 2.87. The molecule has 0 atom stereocenters. The standard InChI is InChI=1S/C11H10N2O3/c1-16-10-8(11(12)15)13-7-5-3-2-4-6(7)9(10)14/h2-5H,1H3,(H2,12,15)(H,13,14). The maximum atomic E-state index is 11.1. The number of benzene rings is 1. The van der Waals surface area contributed by atoms with E-state index in [0.29, 0.717) is 10.9 Å². The lowest BCUT2D eigenvalue weighted by molar-refractivity contribution is 0.0992. The number of fused-ring (bicyclic) bond motifs is 1. The van der Waals surface area contributed by atoms with Crippen LogP contribution in [0.3, 0.4) is 0 Å². The van der Waals surface area contributed by atoms with E-state index >= 15 is 0 Å². The molecule has 0 fully saturated rings. The molecular weight excluding hydrogens is 208 g/mol. The van der Waals surface area contributed by atoms with Crippen LogP contribution in [-0.4, -0.2) is 23.1 Å². The van der Waals surface area contributed by atoms with Crippen molar-refractivity contribution in [1.29, 1.82) is 0 Å². The normalized spacial score (nSPS) is 10.3. The van der Waals surface area contributed by atoms with Crippen LogP contribution in [0.25, 0.3) is 10.9 Å². The number of aromatic hydroxyl groups is 1. The van der Waals surface area contributed by atoms with E-state index in [9.17, 15) is 9.90 Å². The van der Waals surface area contributed by atoms with Gasteiger partial charge in [0.25, 0.3) is 5.91 Å². The van der Waals surface area contributed by atoms with Gasteiger partial charge in [0.05, 0.1) is 12.6 Å². The molecule has 0 radical (unpaired) electrons. The van der Waals surface area contributed by atoms with E-state index in [2.05, 4.69) is 4.98 Å². The summed E-state index contributed by atoms with van der Waals surface area (Å²) >= 11 is 0. The Morgan fingerprint density at radius 3 is 2.75 bits per heavy atom. The summed E-state index contributed by atoms with van der Waals surface area (Å²) in [4.78, 5) is 15.2. The van der Waals surface area contributed by atoms with Crippen molar-refractivity contribution in [3.05, 3.63) is 30.0 Å². The summed E-state index contributed by atoms with van der Waals surface area (Å²) in [6, 6.07) is 6.88. The molecule has 1 aromatic carbocycles. The molecule has 1 aromatic heterocycles. The molecule has 0 unspecified atom stereocenters. The molecule has 2 aromatic rings. The molecule has 5 heteroatoms. The third kappa shape index (κ3) is 1.42. The van der Waals surface area contributed by atoms with Crippen molar-refractivity contribution in [3.8, 4) is 11.5 Å². The number of ether oxygens (including phenoxy) is 1. The highest BCUT2D eigenvalue weighted by atomic mass is 16.5. The minimum atomic E-state index is -0.738. The molecule has 1 heterocycles. The number of hydrogen-bond donors (Lipinski definition) is 2. The fourth-order valence-electron chi connectivity index (χ4n) is 1.54. The van der Waals surface area contributed by atoms with Gasteiger partial charge < -0.3 is 15.6 Å². The Bertz CT molecular complexity index is 566. The number of primary amides is 1. The zero-order valence-electron chi connectivity index (χ0n) is 8.60. The Kier molecular flexibility index (Phi) is 2.36. The van der Waals surface area contributed by atoms with E-state index in [0.717, 1.165) is 0 Å². The first kappa shape index (κ1) is 10.2. The Morgan fingerprint density at radius 1 is 1.44 bits per heavy atom. The molecule has 0 aliphatic heterocycles. The number of para-hydroxylation sites is 1. The maximum absolute atomic E-state index is 11.1. The maximum Gasteiger partial charge on any atom is 0.271 e. The summed E-state index contributed by atoms with van der Waals surface area (Å²) in [5.74, 6) is -0.856. The third-order valence-corrected chi connectivity index (χ3v) is 2.26. The monoisotopic (exact) mass is 218 g/mol. The van der Waals surface area contributed by atoms with Crippen molar-refractivity contribution in [2.45, 2.75) is 0 Å². The molecule has 5 nitrogen and oxygen atoms in total. The molecule has 3 N–H and O–H groups in total. The predicted octanol–water partition coefficient (Wildman–Crippen LogP) is 1.05. The van der Waals surface area contributed by atoms with Crippen LogP contribution in [0.4, 0.5) is 0 Å². The largest absolute Gasteiger partial charge is 0.504 e. The average molecular weight is 218 g/mol. The molecule has 82 valence electrons. The van der Waals surface area contributed by atoms with E-state index < -0.39 is 5.91 Å². The Labute approximate surface area is 91.5 Å². The number of methoxy groups -OCH3 is 1. The average Bonchev–Trinajstić information content (AvgIpc) is 2.29. The number of nitrogens with zero attached hydrogens (tertiary/aromatic N) is 1. The zero-order valence-corrected chi connectivity index (χ0v) is 8.60. The van der Waals surface area contributed by atoms with Crippen LogP contribution in [0.1, 0.15) is 10.5 Å². The van der Waals surface area contributed by atoms with Crippen LogP contribution >= 0.6 is 0 Å². The van der Waals surface area contributed by atoms with Crippen LogP contribution in [0.5, 0.6) is 11.5 Å². The van der Waals surface area contributed by atoms with Crippen molar-refractivity contribution in [2.24, 2.45) is 5.73 Å². The molecule has 0 saturated carbocycles. The van der Waals surface area contributed by atoms with Gasteiger partial charge in [-0.15, -0.1) is 0 Å². The lowest BCUT2D eigenvalue weighted by Crippen LogP contribution is -2.14. The van der Waals surface area contributed by atoms with Gasteiger partial charge in [-0.25, -0.2) is 4.98 Å². The topological polar surface area (TPSA) is 85.4 Å². The van der Waals surface area contributed by atoms with E-state index in [1.54, 1.807) is 24.3 Å². The van der Waals surface area contributed by atoms with Crippen LogP contribution < -0.4 is 10.5 Å². The Hall–Kier alpha value is -2.30. The second-order valence-electron chi connectivity index (χ2n) is 3.22. The molecule has 0 saturated heterocycles. The summed E-state index contributed by atoms with van der Waals surface area (Å²) in [6.45, 7) is 0. The first-order valence-electron chi connectivity index (χ1n) is 4.60. The fraction of sp³-hybridized carbons (Fsp3) is 0.0909. The molecule has 0 aliphatic carbocycles. The van der Waals surface area contributed by atoms with E-state index in [1.807, 2.05) is 0 Å². The molecular formula is C11H10N2O3. The number of carbonyl (C=O) groups excluding carboxylic acids is 1. The molecule has 16 heavy (non-hydrogen) atoms. The van der Waals surface area contributed by atoms with E-state index in [4.69, 9.17) is 10.5 Å². The number of rotatable bonds is 2. The van der Waals surface area contributed by atoms with Crippen LogP contribution in [0.15, 0.2) is 24.3 Å². The number of aromatic nitrogens is 1. The van der Waals surface area contributed by atoms with Gasteiger partial charge in [0.15, 0.2) is 17.2 Å². The van der Waals surface area contributed by atoms with Gasteiger partial charge >= 0.3 is 0 Å². The minimum absolute atomic E-state index is 0.00574. The summed E-state index contributed by atoms with van der Waals surface area (Å²) < 4.78 is 4.93. The van der Waals surface area contributed by atoms with Gasteiger partial charge in [-0.05, 0) is 12.1 Å². The Morgan fingerprint density at radius 2 is 2.12 bits per heavy atom. The van der Waals surface area contributed by atoms with E-state index in [1.165, 1.54) is 7.11 Å². The van der Waals surface area contributed by atoms with Crippen molar-refractivity contribution in [1.82, 2.24) is 4.98 Å².